The lowest BCUT2D eigenvalue weighted by molar-refractivity contribution is 0.102. The van der Waals surface area contributed by atoms with E-state index in [1.165, 1.54) is 17.5 Å². The van der Waals surface area contributed by atoms with Crippen molar-refractivity contribution in [3.8, 4) is 0 Å². The normalized spacial score (nSPS) is 17.3. The molecule has 0 spiro atoms. The third-order valence-corrected chi connectivity index (χ3v) is 5.97. The maximum absolute atomic E-state index is 12.2. The van der Waals surface area contributed by atoms with Gasteiger partial charge in [-0.25, -0.2) is 0 Å². The Morgan fingerprint density at radius 2 is 1.89 bits per heavy atom. The monoisotopic (exact) mass is 278 g/mol. The highest BCUT2D eigenvalue weighted by molar-refractivity contribution is 7.86. The fourth-order valence-corrected chi connectivity index (χ4v) is 3.69. The van der Waals surface area contributed by atoms with Gasteiger partial charge in [0.1, 0.15) is 0 Å². The van der Waals surface area contributed by atoms with Crippen LogP contribution in [-0.4, -0.2) is 21.0 Å². The van der Waals surface area contributed by atoms with Crippen molar-refractivity contribution in [3.63, 3.8) is 0 Å². The smallest absolute Gasteiger partial charge is 0.175 e. The summed E-state index contributed by atoms with van der Waals surface area (Å²) in [6.07, 6.45) is 3.38. The van der Waals surface area contributed by atoms with Gasteiger partial charge >= 0.3 is 0 Å². The van der Waals surface area contributed by atoms with E-state index >= 15 is 0 Å². The van der Waals surface area contributed by atoms with Crippen molar-refractivity contribution in [2.24, 2.45) is 5.92 Å². The summed E-state index contributed by atoms with van der Waals surface area (Å²) in [6.45, 7) is 6.04. The van der Waals surface area contributed by atoms with Crippen LogP contribution < -0.4 is 0 Å². The first-order chi connectivity index (χ1) is 8.99. The molecule has 0 saturated heterocycles. The third kappa shape index (κ3) is 3.33. The number of hydrogen-bond acceptors (Lipinski definition) is 2. The van der Waals surface area contributed by atoms with Gasteiger partial charge in [-0.2, -0.15) is 0 Å². The number of carbonyl (C=O) groups is 1. The predicted molar refractivity (Wildman–Crippen MR) is 80.1 cm³/mol. The zero-order valence-electron chi connectivity index (χ0n) is 11.9. The number of Topliss-reactive ketones (excluding diaryl/α,β-unsaturated/α-hetero) is 1. The molecule has 0 amide bonds. The van der Waals surface area contributed by atoms with Crippen LogP contribution in [0.15, 0.2) is 18.2 Å². The molecule has 0 radical (unpaired) electrons. The minimum absolute atomic E-state index is 0.0144. The van der Waals surface area contributed by atoms with Crippen molar-refractivity contribution in [2.75, 3.05) is 5.75 Å². The van der Waals surface area contributed by atoms with Crippen molar-refractivity contribution in [1.82, 2.24) is 0 Å². The van der Waals surface area contributed by atoms with Gasteiger partial charge < -0.3 is 0 Å². The molecule has 0 N–H and O–H groups in total. The molecule has 2 unspecified atom stereocenters. The molecule has 0 heterocycles. The molecular weight excluding hydrogens is 256 g/mol. The number of benzene rings is 1. The molecule has 2 nitrogen and oxygen atoms in total. The number of ketones is 1. The van der Waals surface area contributed by atoms with E-state index < -0.39 is 10.8 Å². The van der Waals surface area contributed by atoms with Gasteiger partial charge in [0.05, 0.1) is 5.75 Å². The van der Waals surface area contributed by atoms with Gasteiger partial charge in [-0.1, -0.05) is 32.9 Å². The Morgan fingerprint density at radius 1 is 1.21 bits per heavy atom. The quantitative estimate of drug-likeness (QED) is 0.775. The molecule has 0 bridgehead atoms. The molecule has 0 saturated carbocycles. The molecule has 2 atom stereocenters. The standard InChI is InChI=1S/C16H22O2S/c1-11(2)12(3)19(18)10-16(17)15-8-7-13-5-4-6-14(13)9-15/h7-9,11-12H,4-6,10H2,1-3H3. The Hall–Kier alpha value is -0.960. The van der Waals surface area contributed by atoms with Crippen LogP contribution in [0, 0.1) is 5.92 Å². The fraction of sp³-hybridized carbons (Fsp3) is 0.562. The van der Waals surface area contributed by atoms with Gasteiger partial charge in [-0.05, 0) is 42.4 Å². The van der Waals surface area contributed by atoms with E-state index in [0.29, 0.717) is 5.92 Å². The zero-order chi connectivity index (χ0) is 14.0. The summed E-state index contributed by atoms with van der Waals surface area (Å²) in [7, 11) is -1.07. The second kappa shape index (κ2) is 6.00. The Bertz CT molecular complexity index is 505. The van der Waals surface area contributed by atoms with E-state index in [0.717, 1.165) is 18.4 Å². The minimum Gasteiger partial charge on any atom is -0.293 e. The fourth-order valence-electron chi connectivity index (χ4n) is 2.39. The first-order valence-electron chi connectivity index (χ1n) is 7.01. The molecular formula is C16H22O2S. The zero-order valence-corrected chi connectivity index (χ0v) is 12.8. The molecule has 104 valence electrons. The van der Waals surface area contributed by atoms with Gasteiger partial charge in [-0.15, -0.1) is 0 Å². The van der Waals surface area contributed by atoms with Gasteiger partial charge in [0, 0.05) is 21.6 Å². The van der Waals surface area contributed by atoms with E-state index in [-0.39, 0.29) is 16.8 Å². The van der Waals surface area contributed by atoms with Crippen LogP contribution in [0.1, 0.15) is 48.7 Å². The van der Waals surface area contributed by atoms with Gasteiger partial charge in [-0.3, -0.25) is 9.00 Å². The average molecular weight is 278 g/mol. The Kier molecular flexibility index (Phi) is 4.56. The summed E-state index contributed by atoms with van der Waals surface area (Å²) >= 11 is 0. The Morgan fingerprint density at radius 3 is 2.58 bits per heavy atom. The molecule has 3 heteroatoms. The summed E-state index contributed by atoms with van der Waals surface area (Å²) in [5, 5.41) is 0.0679. The van der Waals surface area contributed by atoms with E-state index in [1.807, 2.05) is 32.9 Å². The highest BCUT2D eigenvalue weighted by atomic mass is 32.2. The van der Waals surface area contributed by atoms with E-state index in [1.54, 1.807) is 0 Å². The topological polar surface area (TPSA) is 34.1 Å². The second-order valence-electron chi connectivity index (χ2n) is 5.73. The summed E-state index contributed by atoms with van der Waals surface area (Å²) in [5.74, 6) is 0.507. The first-order valence-corrected chi connectivity index (χ1v) is 8.39. The SMILES string of the molecule is CC(C)C(C)S(=O)CC(=O)c1ccc2c(c1)CCC2. The maximum Gasteiger partial charge on any atom is 0.175 e. The Balaban J connectivity index is 2.06. The molecule has 2 rings (SSSR count). The molecule has 1 aliphatic carbocycles. The first kappa shape index (κ1) is 14.4. The number of aryl methyl sites for hydroxylation is 2. The van der Waals surface area contributed by atoms with E-state index in [9.17, 15) is 9.00 Å². The number of rotatable bonds is 5. The number of carbonyl (C=O) groups excluding carboxylic acids is 1. The highest BCUT2D eigenvalue weighted by Gasteiger charge is 2.20. The van der Waals surface area contributed by atoms with Crippen molar-refractivity contribution >= 4 is 16.6 Å². The summed E-state index contributed by atoms with van der Waals surface area (Å²) in [5.41, 5.74) is 3.40. The van der Waals surface area contributed by atoms with Crippen LogP contribution in [0.2, 0.25) is 0 Å². The van der Waals surface area contributed by atoms with Crippen molar-refractivity contribution in [1.29, 1.82) is 0 Å². The van der Waals surface area contributed by atoms with E-state index in [2.05, 4.69) is 6.07 Å². The van der Waals surface area contributed by atoms with Crippen LogP contribution in [0.5, 0.6) is 0 Å². The van der Waals surface area contributed by atoms with Crippen LogP contribution in [0.4, 0.5) is 0 Å². The third-order valence-electron chi connectivity index (χ3n) is 4.05. The van der Waals surface area contributed by atoms with Gasteiger partial charge in [0.2, 0.25) is 0 Å². The van der Waals surface area contributed by atoms with Gasteiger partial charge in [0.15, 0.2) is 5.78 Å². The summed E-state index contributed by atoms with van der Waals surface area (Å²) in [6, 6.07) is 5.95. The largest absolute Gasteiger partial charge is 0.293 e. The summed E-state index contributed by atoms with van der Waals surface area (Å²) in [4.78, 5) is 12.2. The molecule has 0 aliphatic heterocycles. The maximum atomic E-state index is 12.2. The molecule has 0 aromatic heterocycles. The van der Waals surface area contributed by atoms with E-state index in [4.69, 9.17) is 0 Å². The molecule has 19 heavy (non-hydrogen) atoms. The van der Waals surface area contributed by atoms with Crippen LogP contribution in [0.25, 0.3) is 0 Å². The lowest BCUT2D eigenvalue weighted by atomic mass is 10.0. The molecule has 1 aromatic carbocycles. The minimum atomic E-state index is -1.07. The lowest BCUT2D eigenvalue weighted by Gasteiger charge is -2.14. The van der Waals surface area contributed by atoms with Crippen molar-refractivity contribution in [2.45, 2.75) is 45.3 Å². The van der Waals surface area contributed by atoms with Gasteiger partial charge in [0.25, 0.3) is 0 Å². The van der Waals surface area contributed by atoms with Crippen LogP contribution in [-0.2, 0) is 23.6 Å². The van der Waals surface area contributed by atoms with Crippen LogP contribution in [0.3, 0.4) is 0 Å². The Labute approximate surface area is 118 Å². The number of fused-ring (bicyclic) bond motifs is 1. The summed E-state index contributed by atoms with van der Waals surface area (Å²) < 4.78 is 12.1. The second-order valence-corrected chi connectivity index (χ2v) is 7.53. The van der Waals surface area contributed by atoms with Crippen LogP contribution >= 0.6 is 0 Å². The molecule has 1 aromatic rings. The highest BCUT2D eigenvalue weighted by Crippen LogP contribution is 2.23. The van der Waals surface area contributed by atoms with Crippen molar-refractivity contribution < 1.29 is 9.00 Å². The average Bonchev–Trinajstić information content (AvgIpc) is 2.84. The molecule has 1 aliphatic rings. The number of hydrogen-bond donors (Lipinski definition) is 0. The van der Waals surface area contributed by atoms with Crippen molar-refractivity contribution in [3.05, 3.63) is 34.9 Å². The lowest BCUT2D eigenvalue weighted by Crippen LogP contribution is -2.24. The molecule has 0 fully saturated rings. The predicted octanol–water partition coefficient (Wildman–Crippen LogP) is 3.15.